The molecule has 3 aromatic rings. The highest BCUT2D eigenvalue weighted by atomic mass is 19.3. The van der Waals surface area contributed by atoms with Gasteiger partial charge in [0.05, 0.1) is 26.0 Å². The molecule has 3 heterocycles. The summed E-state index contributed by atoms with van der Waals surface area (Å²) >= 11 is 0. The van der Waals surface area contributed by atoms with E-state index in [0.717, 1.165) is 20.9 Å². The number of aryl methyl sites for hydroxylation is 1. The van der Waals surface area contributed by atoms with E-state index in [4.69, 9.17) is 15.2 Å². The number of rotatable bonds is 7. The fraction of sp³-hybridized carbons (Fsp3) is 0.405. The highest BCUT2D eigenvalue weighted by Crippen LogP contribution is 2.46. The summed E-state index contributed by atoms with van der Waals surface area (Å²) in [7, 11) is 1.57. The molecule has 1 aromatic heterocycles. The van der Waals surface area contributed by atoms with E-state index in [1.165, 1.54) is 24.3 Å². The van der Waals surface area contributed by atoms with Gasteiger partial charge in [0.2, 0.25) is 11.8 Å². The molecule has 1 saturated carbocycles. The van der Waals surface area contributed by atoms with Gasteiger partial charge in [-0.05, 0) is 79.5 Å². The molecule has 2 aromatic carbocycles. The zero-order valence-electron chi connectivity index (χ0n) is 28.2. The van der Waals surface area contributed by atoms with Crippen LogP contribution in [0, 0.1) is 30.5 Å². The van der Waals surface area contributed by atoms with Crippen molar-refractivity contribution in [1.29, 1.82) is 0 Å². The topological polar surface area (TPSA) is 143 Å². The van der Waals surface area contributed by atoms with Gasteiger partial charge in [-0.25, -0.2) is 13.2 Å². The highest BCUT2D eigenvalue weighted by molar-refractivity contribution is 5.93. The summed E-state index contributed by atoms with van der Waals surface area (Å²) in [6.07, 6.45) is 2.21. The third kappa shape index (κ3) is 7.50. The predicted octanol–water partition coefficient (Wildman–Crippen LogP) is 3.44. The molecule has 4 atom stereocenters. The molecule has 11 nitrogen and oxygen atoms in total. The second kappa shape index (κ2) is 14.2. The Bertz CT molecular complexity index is 1870. The number of aliphatic hydroxyl groups is 1. The van der Waals surface area contributed by atoms with Gasteiger partial charge in [-0.1, -0.05) is 36.3 Å². The van der Waals surface area contributed by atoms with Crippen LogP contribution in [0.2, 0.25) is 0 Å². The van der Waals surface area contributed by atoms with Crippen LogP contribution in [0.5, 0.6) is 5.75 Å². The van der Waals surface area contributed by atoms with E-state index < -0.39 is 71.8 Å². The van der Waals surface area contributed by atoms with Crippen LogP contribution >= 0.6 is 0 Å². The summed E-state index contributed by atoms with van der Waals surface area (Å²) in [6.45, 7) is -0.307. The van der Waals surface area contributed by atoms with Crippen molar-refractivity contribution in [3.05, 3.63) is 101 Å². The van der Waals surface area contributed by atoms with Crippen molar-refractivity contribution in [3.8, 4) is 17.6 Å². The van der Waals surface area contributed by atoms with Crippen molar-refractivity contribution in [1.82, 2.24) is 25.3 Å². The molecule has 2 aliphatic heterocycles. The molecule has 0 spiro atoms. The number of hydrogen-bond acceptors (Lipinski definition) is 9. The van der Waals surface area contributed by atoms with Gasteiger partial charge in [0.15, 0.2) is 5.70 Å². The number of ether oxygens (including phenoxy) is 2. The Morgan fingerprint density at radius 1 is 1.16 bits per heavy atom. The van der Waals surface area contributed by atoms with Crippen LogP contribution in [0.1, 0.15) is 48.4 Å². The maximum atomic E-state index is 15.9. The minimum Gasteiger partial charge on any atom is -0.439 e. The van der Waals surface area contributed by atoms with Gasteiger partial charge in [-0.15, -0.1) is 5.10 Å². The maximum Gasteiger partial charge on any atom is 0.295 e. The second-order valence-corrected chi connectivity index (χ2v) is 13.3. The number of β-amino-alcohol motifs (C(OH)–C–C–N with tert-alkyl or cyclic N) is 1. The van der Waals surface area contributed by atoms with Crippen molar-refractivity contribution in [2.45, 2.75) is 55.6 Å². The number of nitrogens with two attached hydrogens (primary N) is 1. The molecule has 14 heteroatoms. The number of likely N-dealkylation sites (tertiary alicyclic amines) is 1. The Morgan fingerprint density at radius 3 is 2.59 bits per heavy atom. The number of piperidine rings is 1. The zero-order valence-corrected chi connectivity index (χ0v) is 28.2. The van der Waals surface area contributed by atoms with Crippen molar-refractivity contribution in [2.75, 3.05) is 33.4 Å². The molecule has 4 N–H and O–H groups in total. The van der Waals surface area contributed by atoms with E-state index in [0.29, 0.717) is 25.0 Å². The van der Waals surface area contributed by atoms with Gasteiger partial charge in [0, 0.05) is 26.0 Å². The molecule has 3 aliphatic rings. The monoisotopic (exact) mass is 704 g/mol. The zero-order chi connectivity index (χ0) is 36.4. The van der Waals surface area contributed by atoms with E-state index in [1.54, 1.807) is 13.3 Å². The Labute approximate surface area is 293 Å². The summed E-state index contributed by atoms with van der Waals surface area (Å²) < 4.78 is 56.7. The van der Waals surface area contributed by atoms with Gasteiger partial charge >= 0.3 is 0 Å². The Kier molecular flexibility index (Phi) is 9.97. The van der Waals surface area contributed by atoms with Crippen LogP contribution in [0.25, 0.3) is 0 Å². The van der Waals surface area contributed by atoms with Crippen LogP contribution in [-0.2, 0) is 14.3 Å². The lowest BCUT2D eigenvalue weighted by Crippen LogP contribution is -2.67. The maximum absolute atomic E-state index is 15.9. The molecule has 0 unspecified atom stereocenters. The number of nitrogens with zero attached hydrogens (tertiary/aromatic N) is 4. The van der Waals surface area contributed by atoms with Crippen LogP contribution < -0.4 is 15.8 Å². The third-order valence-electron chi connectivity index (χ3n) is 9.90. The number of alkyl halides is 2. The summed E-state index contributed by atoms with van der Waals surface area (Å²) in [5.74, 6) is -0.162. The number of halogens is 3. The quantitative estimate of drug-likeness (QED) is 0.316. The predicted molar refractivity (Wildman–Crippen MR) is 179 cm³/mol. The lowest BCUT2D eigenvalue weighted by molar-refractivity contribution is -0.224. The first-order valence-electron chi connectivity index (χ1n) is 16.6. The first kappa shape index (κ1) is 35.7. The van der Waals surface area contributed by atoms with E-state index in [1.807, 2.05) is 43.3 Å². The highest BCUT2D eigenvalue weighted by Gasteiger charge is 2.59. The molecule has 268 valence electrons. The van der Waals surface area contributed by atoms with Gasteiger partial charge in [-0.2, -0.15) is 5.10 Å². The van der Waals surface area contributed by atoms with Crippen LogP contribution in [0.15, 0.2) is 78.4 Å². The van der Waals surface area contributed by atoms with Crippen molar-refractivity contribution in [2.24, 2.45) is 11.7 Å². The molecule has 2 fully saturated rings. The molecular formula is C37H39F3N6O5. The lowest BCUT2D eigenvalue weighted by Gasteiger charge is -2.48. The Balaban J connectivity index is 1.16. The summed E-state index contributed by atoms with van der Waals surface area (Å²) in [6, 6.07) is 16.2. The average molecular weight is 705 g/mol. The van der Waals surface area contributed by atoms with E-state index in [2.05, 4.69) is 27.4 Å². The number of carbonyl (C=O) groups excluding carboxylic acids is 2. The molecule has 2 amide bonds. The number of amides is 2. The Hall–Kier alpha value is -5.13. The summed E-state index contributed by atoms with van der Waals surface area (Å²) in [5, 5.41) is 22.1. The molecule has 51 heavy (non-hydrogen) atoms. The Morgan fingerprint density at radius 2 is 1.90 bits per heavy atom. The van der Waals surface area contributed by atoms with Crippen LogP contribution in [0.4, 0.5) is 13.2 Å². The normalized spacial score (nSPS) is 26.2. The third-order valence-corrected chi connectivity index (χ3v) is 9.90. The summed E-state index contributed by atoms with van der Waals surface area (Å²) in [4.78, 5) is 29.3. The molecular weight excluding hydrogens is 665 g/mol. The minimum atomic E-state index is -3.77. The van der Waals surface area contributed by atoms with Gasteiger partial charge < -0.3 is 35.4 Å². The lowest BCUT2D eigenvalue weighted by atomic mass is 9.68. The van der Waals surface area contributed by atoms with Crippen molar-refractivity contribution >= 4 is 11.8 Å². The molecule has 0 radical (unpaired) electrons. The standard InChI is InChI=1S/C37H39F3N6O5/c1-24-18-27(44-43-20-24)12-14-35(50-2)15-13-29(30(19-35)25-6-4-3-5-7-25)33(47)45-17-16-36(49,37(39,40)22-45)21-46-23-42-32(31(41)34(46)48)51-28-10-8-26(38)9-11-28/h3-11,18,20,29-30,42,49H,13,15-17,19,21-23,41H2,1-2H3/t29-,30+,35-,36+/m1/s1. The molecule has 6 rings (SSSR count). The van der Waals surface area contributed by atoms with Gasteiger partial charge in [0.1, 0.15) is 28.5 Å². The van der Waals surface area contributed by atoms with E-state index >= 15 is 8.78 Å². The second-order valence-electron chi connectivity index (χ2n) is 13.3. The SMILES string of the molecule is CO[C@]1(C#Cc2cc(C)cnn2)CC[C@@H](C(=O)N2CC[C@](O)(CN3CNC(Oc4ccc(F)cc4)=C(N)C3=O)C(F)(F)C2)[C@H](c2ccccc2)C1. The van der Waals surface area contributed by atoms with Crippen LogP contribution in [-0.4, -0.2) is 87.5 Å². The summed E-state index contributed by atoms with van der Waals surface area (Å²) in [5.41, 5.74) is 4.29. The van der Waals surface area contributed by atoms with E-state index in [-0.39, 0.29) is 24.8 Å². The molecule has 1 saturated heterocycles. The number of nitrogens with one attached hydrogen (secondary N) is 1. The van der Waals surface area contributed by atoms with Gasteiger partial charge in [-0.3, -0.25) is 9.59 Å². The first-order valence-corrected chi connectivity index (χ1v) is 16.6. The number of aromatic nitrogens is 2. The fourth-order valence-corrected chi connectivity index (χ4v) is 6.93. The number of methoxy groups -OCH3 is 1. The van der Waals surface area contributed by atoms with E-state index in [9.17, 15) is 19.1 Å². The number of carbonyl (C=O) groups is 2. The molecule has 0 bridgehead atoms. The number of hydrogen-bond donors (Lipinski definition) is 3. The first-order chi connectivity index (χ1) is 24.3. The van der Waals surface area contributed by atoms with Crippen molar-refractivity contribution in [3.63, 3.8) is 0 Å². The van der Waals surface area contributed by atoms with Crippen LogP contribution in [0.3, 0.4) is 0 Å². The smallest absolute Gasteiger partial charge is 0.295 e. The number of benzene rings is 2. The van der Waals surface area contributed by atoms with Crippen molar-refractivity contribution < 1.29 is 37.3 Å². The van der Waals surface area contributed by atoms with Gasteiger partial charge in [0.25, 0.3) is 11.8 Å². The molecule has 1 aliphatic carbocycles. The minimum absolute atomic E-state index is 0.116. The largest absolute Gasteiger partial charge is 0.439 e. The average Bonchev–Trinajstić information content (AvgIpc) is 3.13. The fourth-order valence-electron chi connectivity index (χ4n) is 6.93.